The van der Waals surface area contributed by atoms with Crippen molar-refractivity contribution in [3.05, 3.63) is 83.4 Å². The quantitative estimate of drug-likeness (QED) is 0.848. The van der Waals surface area contributed by atoms with Gasteiger partial charge in [0.2, 0.25) is 0 Å². The maximum atomic E-state index is 11.2. The molecular weight excluding hydrogens is 248 g/mol. The molecule has 20 heavy (non-hydrogen) atoms. The van der Waals surface area contributed by atoms with Crippen LogP contribution in [0.4, 0.5) is 0 Å². The van der Waals surface area contributed by atoms with E-state index in [1.807, 2.05) is 73.7 Å². The smallest absolute Gasteiger partial charge is 0.330 e. The first kappa shape index (κ1) is 14.1. The Hall–Kier alpha value is -2.35. The van der Waals surface area contributed by atoms with Gasteiger partial charge in [0.1, 0.15) is 0 Å². The average molecular weight is 266 g/mol. The van der Waals surface area contributed by atoms with Crippen molar-refractivity contribution in [2.24, 2.45) is 0 Å². The maximum absolute atomic E-state index is 11.2. The van der Waals surface area contributed by atoms with Crippen LogP contribution in [0, 0.1) is 0 Å². The number of hydrogen-bond acceptors (Lipinski definition) is 1. The zero-order valence-corrected chi connectivity index (χ0v) is 11.7. The van der Waals surface area contributed by atoms with Gasteiger partial charge in [-0.3, -0.25) is 0 Å². The molecule has 0 atom stereocenters. The van der Waals surface area contributed by atoms with Crippen molar-refractivity contribution in [2.45, 2.75) is 19.3 Å². The summed E-state index contributed by atoms with van der Waals surface area (Å²) in [6, 6.07) is 19.9. The van der Waals surface area contributed by atoms with Crippen molar-refractivity contribution in [2.75, 3.05) is 0 Å². The summed E-state index contributed by atoms with van der Waals surface area (Å²) in [7, 11) is 0. The third-order valence-corrected chi connectivity index (χ3v) is 3.59. The van der Waals surface area contributed by atoms with Crippen LogP contribution in [-0.4, -0.2) is 11.1 Å². The molecular formula is C18H18O2. The number of hydrogen-bond donors (Lipinski definition) is 1. The van der Waals surface area contributed by atoms with Crippen LogP contribution in [-0.2, 0) is 10.2 Å². The van der Waals surface area contributed by atoms with E-state index in [-0.39, 0.29) is 0 Å². The van der Waals surface area contributed by atoms with Gasteiger partial charge in [0.05, 0.1) is 0 Å². The van der Waals surface area contributed by atoms with E-state index in [1.165, 1.54) is 0 Å². The normalized spacial score (nSPS) is 12.2. The molecule has 0 saturated carbocycles. The van der Waals surface area contributed by atoms with Crippen molar-refractivity contribution < 1.29 is 9.90 Å². The topological polar surface area (TPSA) is 37.3 Å². The molecule has 2 rings (SSSR count). The Morgan fingerprint density at radius 1 is 0.950 bits per heavy atom. The Balaban J connectivity index is 2.61. The van der Waals surface area contributed by atoms with E-state index >= 15 is 0 Å². The Labute approximate surface area is 119 Å². The summed E-state index contributed by atoms with van der Waals surface area (Å²) >= 11 is 0. The highest BCUT2D eigenvalue weighted by Crippen LogP contribution is 2.34. The number of allylic oxidation sites excluding steroid dienone is 1. The zero-order valence-electron chi connectivity index (χ0n) is 11.7. The number of benzene rings is 2. The van der Waals surface area contributed by atoms with E-state index in [0.29, 0.717) is 5.57 Å². The van der Waals surface area contributed by atoms with Crippen molar-refractivity contribution in [3.63, 3.8) is 0 Å². The molecule has 0 aromatic heterocycles. The van der Waals surface area contributed by atoms with Crippen molar-refractivity contribution >= 4 is 5.97 Å². The fourth-order valence-corrected chi connectivity index (χ4v) is 2.40. The summed E-state index contributed by atoms with van der Waals surface area (Å²) in [4.78, 5) is 11.2. The van der Waals surface area contributed by atoms with E-state index in [4.69, 9.17) is 0 Å². The Morgan fingerprint density at radius 3 is 1.70 bits per heavy atom. The van der Waals surface area contributed by atoms with Crippen molar-refractivity contribution in [3.8, 4) is 0 Å². The van der Waals surface area contributed by atoms with Crippen LogP contribution < -0.4 is 0 Å². The number of carbonyl (C=O) groups is 1. The molecule has 0 unspecified atom stereocenters. The van der Waals surface area contributed by atoms with Gasteiger partial charge < -0.3 is 5.11 Å². The first-order valence-electron chi connectivity index (χ1n) is 6.58. The van der Waals surface area contributed by atoms with Crippen molar-refractivity contribution in [1.29, 1.82) is 0 Å². The first-order chi connectivity index (χ1) is 9.54. The number of carboxylic acids is 1. The molecule has 2 aromatic rings. The molecule has 0 aliphatic rings. The number of aliphatic carboxylic acids is 1. The molecule has 0 spiro atoms. The third kappa shape index (κ3) is 2.80. The van der Waals surface area contributed by atoms with Crippen LogP contribution >= 0.6 is 0 Å². The molecule has 0 saturated heterocycles. The van der Waals surface area contributed by atoms with Gasteiger partial charge in [0, 0.05) is 11.0 Å². The van der Waals surface area contributed by atoms with E-state index in [2.05, 4.69) is 0 Å². The largest absolute Gasteiger partial charge is 0.478 e. The Morgan fingerprint density at radius 2 is 1.35 bits per heavy atom. The van der Waals surface area contributed by atoms with Crippen LogP contribution in [0.1, 0.15) is 25.0 Å². The number of carboxylic acid groups (broad SMARTS) is 1. The highest BCUT2D eigenvalue weighted by atomic mass is 16.4. The summed E-state index contributed by atoms with van der Waals surface area (Å²) in [6.07, 6.45) is 1.82. The van der Waals surface area contributed by atoms with E-state index in [0.717, 1.165) is 11.1 Å². The molecule has 2 heteroatoms. The molecule has 2 nitrogen and oxygen atoms in total. The second-order valence-corrected chi connectivity index (χ2v) is 5.07. The molecule has 0 aliphatic carbocycles. The third-order valence-electron chi connectivity index (χ3n) is 3.59. The van der Waals surface area contributed by atoms with Crippen LogP contribution in [0.2, 0.25) is 0 Å². The zero-order chi connectivity index (χ0) is 14.6. The minimum absolute atomic E-state index is 0.347. The molecule has 0 bridgehead atoms. The lowest BCUT2D eigenvalue weighted by Crippen LogP contribution is -2.22. The van der Waals surface area contributed by atoms with E-state index in [1.54, 1.807) is 6.92 Å². The van der Waals surface area contributed by atoms with Gasteiger partial charge in [-0.1, -0.05) is 66.7 Å². The average Bonchev–Trinajstić information content (AvgIpc) is 2.48. The summed E-state index contributed by atoms with van der Waals surface area (Å²) in [5.41, 5.74) is 2.05. The summed E-state index contributed by atoms with van der Waals surface area (Å²) < 4.78 is 0. The second kappa shape index (κ2) is 5.74. The Kier molecular flexibility index (Phi) is 4.04. The lowest BCUT2D eigenvalue weighted by Gasteiger charge is -2.28. The van der Waals surface area contributed by atoms with Gasteiger partial charge in [-0.05, 0) is 25.0 Å². The fraction of sp³-hybridized carbons (Fsp3) is 0.167. The van der Waals surface area contributed by atoms with Crippen LogP contribution in [0.25, 0.3) is 0 Å². The predicted octanol–water partition coefficient (Wildman–Crippen LogP) is 4.02. The molecule has 0 aliphatic heterocycles. The van der Waals surface area contributed by atoms with Gasteiger partial charge in [0.25, 0.3) is 0 Å². The van der Waals surface area contributed by atoms with Gasteiger partial charge >= 0.3 is 5.97 Å². The molecule has 0 fully saturated rings. The highest BCUT2D eigenvalue weighted by molar-refractivity contribution is 5.86. The number of rotatable bonds is 4. The minimum Gasteiger partial charge on any atom is -0.478 e. The summed E-state index contributed by atoms with van der Waals surface area (Å²) in [5, 5.41) is 9.17. The SMILES string of the molecule is CC(=CC(C)(c1ccccc1)c1ccccc1)C(=O)O. The monoisotopic (exact) mass is 266 g/mol. The summed E-state index contributed by atoms with van der Waals surface area (Å²) in [5.74, 6) is -0.886. The summed E-state index contributed by atoms with van der Waals surface area (Å²) in [6.45, 7) is 3.68. The standard InChI is InChI=1S/C18H18O2/c1-14(17(19)20)13-18(2,15-9-5-3-6-10-15)16-11-7-4-8-12-16/h3-13H,1-2H3,(H,19,20). The van der Waals surface area contributed by atoms with Crippen LogP contribution in [0.3, 0.4) is 0 Å². The van der Waals surface area contributed by atoms with Crippen molar-refractivity contribution in [1.82, 2.24) is 0 Å². The van der Waals surface area contributed by atoms with Gasteiger partial charge in [-0.2, -0.15) is 0 Å². The predicted molar refractivity (Wildman–Crippen MR) is 80.7 cm³/mol. The highest BCUT2D eigenvalue weighted by Gasteiger charge is 2.27. The molecule has 102 valence electrons. The van der Waals surface area contributed by atoms with Crippen LogP contribution in [0.5, 0.6) is 0 Å². The molecule has 2 aromatic carbocycles. The molecule has 0 radical (unpaired) electrons. The molecule has 1 N–H and O–H groups in total. The molecule has 0 amide bonds. The van der Waals surface area contributed by atoms with Crippen LogP contribution in [0.15, 0.2) is 72.3 Å². The maximum Gasteiger partial charge on any atom is 0.330 e. The lowest BCUT2D eigenvalue weighted by atomic mass is 9.75. The van der Waals surface area contributed by atoms with Gasteiger partial charge in [-0.25, -0.2) is 4.79 Å². The van der Waals surface area contributed by atoms with Gasteiger partial charge in [-0.15, -0.1) is 0 Å². The van der Waals surface area contributed by atoms with E-state index < -0.39 is 11.4 Å². The van der Waals surface area contributed by atoms with E-state index in [9.17, 15) is 9.90 Å². The fourth-order valence-electron chi connectivity index (χ4n) is 2.40. The Bertz CT molecular complexity index is 573. The first-order valence-corrected chi connectivity index (χ1v) is 6.58. The minimum atomic E-state index is -0.886. The lowest BCUT2D eigenvalue weighted by molar-refractivity contribution is -0.132. The second-order valence-electron chi connectivity index (χ2n) is 5.07. The van der Waals surface area contributed by atoms with Gasteiger partial charge in [0.15, 0.2) is 0 Å². The molecule has 0 heterocycles.